The maximum atomic E-state index is 11.5. The lowest BCUT2D eigenvalue weighted by molar-refractivity contribution is -0.148. The van der Waals surface area contributed by atoms with Crippen LogP contribution in [0.3, 0.4) is 0 Å². The summed E-state index contributed by atoms with van der Waals surface area (Å²) in [6.07, 6.45) is 2.96. The highest BCUT2D eigenvalue weighted by Crippen LogP contribution is 2.40. The molecule has 0 heterocycles. The zero-order valence-electron chi connectivity index (χ0n) is 11.2. The molecule has 4 nitrogen and oxygen atoms in total. The fraction of sp³-hybridized carbons (Fsp3) is 0.467. The molecule has 1 atom stereocenters. The molecule has 0 bridgehead atoms. The summed E-state index contributed by atoms with van der Waals surface area (Å²) in [6.45, 7) is 3.63. The van der Waals surface area contributed by atoms with Gasteiger partial charge < -0.3 is 10.0 Å². The van der Waals surface area contributed by atoms with Gasteiger partial charge in [0.05, 0.1) is 0 Å². The SMILES string of the molecule is CC(C)N(C=O)C(C(=O)O)c1cccc(C2CC2)c1. The van der Waals surface area contributed by atoms with Gasteiger partial charge in [-0.2, -0.15) is 0 Å². The number of aliphatic carboxylic acids is 1. The normalized spacial score (nSPS) is 16.2. The Labute approximate surface area is 113 Å². The molecule has 1 aliphatic carbocycles. The molecule has 0 radical (unpaired) electrons. The van der Waals surface area contributed by atoms with E-state index in [4.69, 9.17) is 0 Å². The molecule has 0 saturated heterocycles. The number of carbonyl (C=O) groups excluding carboxylic acids is 1. The second-order valence-electron chi connectivity index (χ2n) is 5.33. The van der Waals surface area contributed by atoms with Crippen molar-refractivity contribution in [2.75, 3.05) is 0 Å². The standard InChI is InChI=1S/C15H19NO3/c1-10(2)16(9-17)14(15(18)19)13-5-3-4-12(8-13)11-6-7-11/h3-5,8-11,14H,6-7H2,1-2H3,(H,18,19). The van der Waals surface area contributed by atoms with Crippen molar-refractivity contribution in [3.63, 3.8) is 0 Å². The van der Waals surface area contributed by atoms with Crippen molar-refractivity contribution in [1.29, 1.82) is 0 Å². The largest absolute Gasteiger partial charge is 0.479 e. The Morgan fingerprint density at radius 2 is 2.11 bits per heavy atom. The van der Waals surface area contributed by atoms with Gasteiger partial charge in [0.2, 0.25) is 6.41 Å². The van der Waals surface area contributed by atoms with Gasteiger partial charge in [-0.3, -0.25) is 4.79 Å². The number of carbonyl (C=O) groups is 2. The molecule has 19 heavy (non-hydrogen) atoms. The van der Waals surface area contributed by atoms with Gasteiger partial charge in [0, 0.05) is 6.04 Å². The van der Waals surface area contributed by atoms with Crippen LogP contribution in [-0.4, -0.2) is 28.4 Å². The zero-order valence-corrected chi connectivity index (χ0v) is 11.2. The van der Waals surface area contributed by atoms with Crippen LogP contribution in [-0.2, 0) is 9.59 Å². The molecule has 2 rings (SSSR count). The Balaban J connectivity index is 2.35. The van der Waals surface area contributed by atoms with E-state index in [0.29, 0.717) is 17.9 Å². The van der Waals surface area contributed by atoms with Gasteiger partial charge in [-0.1, -0.05) is 24.3 Å². The minimum atomic E-state index is -0.992. The van der Waals surface area contributed by atoms with E-state index in [1.54, 1.807) is 6.07 Å². The maximum absolute atomic E-state index is 11.5. The lowest BCUT2D eigenvalue weighted by atomic mass is 10.00. The van der Waals surface area contributed by atoms with E-state index in [1.165, 1.54) is 23.3 Å². The van der Waals surface area contributed by atoms with Gasteiger partial charge in [-0.15, -0.1) is 0 Å². The minimum absolute atomic E-state index is 0.150. The molecule has 1 unspecified atom stereocenters. The van der Waals surface area contributed by atoms with Crippen LogP contribution in [0.4, 0.5) is 0 Å². The molecule has 0 spiro atoms. The van der Waals surface area contributed by atoms with Crippen molar-refractivity contribution >= 4 is 12.4 Å². The molecule has 1 aromatic carbocycles. The van der Waals surface area contributed by atoms with E-state index < -0.39 is 12.0 Å². The molecule has 1 aliphatic rings. The quantitative estimate of drug-likeness (QED) is 0.801. The molecule has 0 aromatic heterocycles. The second-order valence-corrected chi connectivity index (χ2v) is 5.33. The first-order chi connectivity index (χ1) is 9.04. The van der Waals surface area contributed by atoms with Crippen molar-refractivity contribution in [3.05, 3.63) is 35.4 Å². The van der Waals surface area contributed by atoms with Crippen molar-refractivity contribution in [2.24, 2.45) is 0 Å². The number of rotatable bonds is 6. The molecule has 102 valence electrons. The third kappa shape index (κ3) is 2.95. The highest BCUT2D eigenvalue weighted by molar-refractivity contribution is 5.78. The number of hydrogen-bond acceptors (Lipinski definition) is 2. The molecule has 0 aliphatic heterocycles. The van der Waals surface area contributed by atoms with Gasteiger partial charge in [-0.25, -0.2) is 4.79 Å². The smallest absolute Gasteiger partial charge is 0.331 e. The highest BCUT2D eigenvalue weighted by Gasteiger charge is 2.30. The second kappa shape index (κ2) is 5.43. The Bertz CT molecular complexity index is 480. The summed E-state index contributed by atoms with van der Waals surface area (Å²) in [4.78, 5) is 24.0. The van der Waals surface area contributed by atoms with Crippen LogP contribution in [0, 0.1) is 0 Å². The lowest BCUT2D eigenvalue weighted by Gasteiger charge is -2.29. The number of benzene rings is 1. The van der Waals surface area contributed by atoms with Crippen LogP contribution in [0.5, 0.6) is 0 Å². The first-order valence-electron chi connectivity index (χ1n) is 6.60. The van der Waals surface area contributed by atoms with E-state index in [9.17, 15) is 14.7 Å². The summed E-state index contributed by atoms with van der Waals surface area (Å²) in [6, 6.07) is 6.56. The number of hydrogen-bond donors (Lipinski definition) is 1. The Morgan fingerprint density at radius 1 is 1.42 bits per heavy atom. The van der Waals surface area contributed by atoms with Crippen molar-refractivity contribution in [3.8, 4) is 0 Å². The number of carboxylic acid groups (broad SMARTS) is 1. The monoisotopic (exact) mass is 261 g/mol. The first-order valence-corrected chi connectivity index (χ1v) is 6.60. The topological polar surface area (TPSA) is 57.6 Å². The van der Waals surface area contributed by atoms with Crippen LogP contribution in [0.15, 0.2) is 24.3 Å². The fourth-order valence-electron chi connectivity index (χ4n) is 2.32. The summed E-state index contributed by atoms with van der Waals surface area (Å²) in [5.74, 6) is -0.424. The minimum Gasteiger partial charge on any atom is -0.479 e. The predicted octanol–water partition coefficient (Wildman–Crippen LogP) is 2.56. The molecule has 1 fully saturated rings. The molecular formula is C15H19NO3. The van der Waals surface area contributed by atoms with Crippen LogP contribution >= 0.6 is 0 Å². The summed E-state index contributed by atoms with van der Waals surface area (Å²) >= 11 is 0. The number of carboxylic acids is 1. The van der Waals surface area contributed by atoms with E-state index in [-0.39, 0.29) is 6.04 Å². The maximum Gasteiger partial charge on any atom is 0.331 e. The predicted molar refractivity (Wildman–Crippen MR) is 71.8 cm³/mol. The summed E-state index contributed by atoms with van der Waals surface area (Å²) in [7, 11) is 0. The summed E-state index contributed by atoms with van der Waals surface area (Å²) in [5, 5.41) is 9.42. The van der Waals surface area contributed by atoms with E-state index >= 15 is 0 Å². The number of amides is 1. The Morgan fingerprint density at radius 3 is 2.58 bits per heavy atom. The van der Waals surface area contributed by atoms with Crippen molar-refractivity contribution < 1.29 is 14.7 Å². The fourth-order valence-corrected chi connectivity index (χ4v) is 2.32. The van der Waals surface area contributed by atoms with Crippen molar-refractivity contribution in [1.82, 2.24) is 4.90 Å². The lowest BCUT2D eigenvalue weighted by Crippen LogP contribution is -2.38. The molecule has 4 heteroatoms. The van der Waals surface area contributed by atoms with Gasteiger partial charge in [0.15, 0.2) is 6.04 Å². The summed E-state index contributed by atoms with van der Waals surface area (Å²) in [5.41, 5.74) is 1.86. The molecule has 1 aromatic rings. The third-order valence-corrected chi connectivity index (χ3v) is 3.53. The molecular weight excluding hydrogens is 242 g/mol. The summed E-state index contributed by atoms with van der Waals surface area (Å²) < 4.78 is 0. The Hall–Kier alpha value is -1.84. The van der Waals surface area contributed by atoms with E-state index in [0.717, 1.165) is 0 Å². The van der Waals surface area contributed by atoms with Crippen molar-refractivity contribution in [2.45, 2.75) is 44.7 Å². The van der Waals surface area contributed by atoms with Gasteiger partial charge in [-0.05, 0) is 43.7 Å². The highest BCUT2D eigenvalue weighted by atomic mass is 16.4. The van der Waals surface area contributed by atoms with Gasteiger partial charge in [0.25, 0.3) is 0 Å². The van der Waals surface area contributed by atoms with Gasteiger partial charge >= 0.3 is 5.97 Å². The third-order valence-electron chi connectivity index (χ3n) is 3.53. The van der Waals surface area contributed by atoms with Gasteiger partial charge in [0.1, 0.15) is 0 Å². The van der Waals surface area contributed by atoms with E-state index in [1.807, 2.05) is 32.0 Å². The zero-order chi connectivity index (χ0) is 14.0. The molecule has 1 amide bonds. The van der Waals surface area contributed by atoms with Crippen LogP contribution in [0.1, 0.15) is 49.8 Å². The number of nitrogens with zero attached hydrogens (tertiary/aromatic N) is 1. The Kier molecular flexibility index (Phi) is 3.88. The van der Waals surface area contributed by atoms with Crippen LogP contribution in [0.25, 0.3) is 0 Å². The average molecular weight is 261 g/mol. The first kappa shape index (κ1) is 13.6. The molecule has 1 saturated carbocycles. The van der Waals surface area contributed by atoms with Crippen LogP contribution < -0.4 is 0 Å². The molecule has 1 N–H and O–H groups in total. The van der Waals surface area contributed by atoms with Crippen LogP contribution in [0.2, 0.25) is 0 Å². The van der Waals surface area contributed by atoms with E-state index in [2.05, 4.69) is 0 Å². The average Bonchev–Trinajstić information content (AvgIpc) is 3.19.